The molecule has 0 N–H and O–H groups in total. The van der Waals surface area contributed by atoms with Crippen molar-refractivity contribution in [1.82, 2.24) is 10.1 Å². The first-order valence-corrected chi connectivity index (χ1v) is 8.05. The van der Waals surface area contributed by atoms with E-state index in [2.05, 4.69) is 10.1 Å². The van der Waals surface area contributed by atoms with Gasteiger partial charge in [0.2, 0.25) is 0 Å². The molecule has 1 aliphatic rings. The van der Waals surface area contributed by atoms with Crippen molar-refractivity contribution in [3.8, 4) is 5.75 Å². The number of methoxy groups -OCH3 is 1. The van der Waals surface area contributed by atoms with Crippen molar-refractivity contribution in [2.45, 2.75) is 37.2 Å². The van der Waals surface area contributed by atoms with Crippen molar-refractivity contribution < 1.29 is 9.26 Å². The number of aryl methyl sites for hydroxylation is 1. The number of hydrogen-bond acceptors (Lipinski definition) is 5. The lowest BCUT2D eigenvalue weighted by molar-refractivity contribution is 0.369. The Morgan fingerprint density at radius 1 is 1.30 bits per heavy atom. The minimum Gasteiger partial charge on any atom is -0.497 e. The summed E-state index contributed by atoms with van der Waals surface area (Å²) in [6.45, 7) is 0. The zero-order valence-electron chi connectivity index (χ0n) is 11.6. The van der Waals surface area contributed by atoms with E-state index in [9.17, 15) is 0 Å². The molecule has 0 aliphatic heterocycles. The number of ether oxygens (including phenoxy) is 1. The maximum Gasteiger partial charge on any atom is 0.140 e. The van der Waals surface area contributed by atoms with Gasteiger partial charge in [-0.25, -0.2) is 0 Å². The zero-order valence-corrected chi connectivity index (χ0v) is 12.4. The summed E-state index contributed by atoms with van der Waals surface area (Å²) in [6.07, 6.45) is 6.43. The summed E-state index contributed by atoms with van der Waals surface area (Å²) >= 11 is 1.82. The summed E-state index contributed by atoms with van der Waals surface area (Å²) in [7, 11) is 1.67. The number of pyridine rings is 1. The Morgan fingerprint density at radius 2 is 2.20 bits per heavy atom. The number of thioether (sulfide) groups is 1. The van der Waals surface area contributed by atoms with Crippen molar-refractivity contribution in [2.24, 2.45) is 0 Å². The molecule has 0 bridgehead atoms. The normalized spacial score (nSPS) is 14.1. The van der Waals surface area contributed by atoms with Crippen molar-refractivity contribution in [2.75, 3.05) is 7.11 Å². The molecular formula is C15H18N2O2S. The fourth-order valence-electron chi connectivity index (χ4n) is 2.48. The highest BCUT2D eigenvalue weighted by Gasteiger charge is 2.18. The molecule has 0 saturated heterocycles. The first-order valence-electron chi connectivity index (χ1n) is 6.90. The van der Waals surface area contributed by atoms with Crippen LogP contribution in [0.2, 0.25) is 0 Å². The fourth-order valence-corrected chi connectivity index (χ4v) is 3.37. The third-order valence-corrected chi connectivity index (χ3v) is 4.52. The molecule has 0 aromatic carbocycles. The maximum absolute atomic E-state index is 5.43. The van der Waals surface area contributed by atoms with Gasteiger partial charge in [-0.15, -0.1) is 11.8 Å². The quantitative estimate of drug-likeness (QED) is 0.844. The van der Waals surface area contributed by atoms with Gasteiger partial charge in [-0.1, -0.05) is 5.16 Å². The second-order valence-corrected chi connectivity index (χ2v) is 5.90. The van der Waals surface area contributed by atoms with E-state index in [4.69, 9.17) is 9.26 Å². The van der Waals surface area contributed by atoms with E-state index < -0.39 is 0 Å². The number of fused-ring (bicyclic) bond motifs is 1. The zero-order chi connectivity index (χ0) is 13.8. The lowest BCUT2D eigenvalue weighted by Crippen LogP contribution is -2.01. The van der Waals surface area contributed by atoms with Crippen molar-refractivity contribution in [3.63, 3.8) is 0 Å². The SMILES string of the molecule is COc1ccnc(CSCc2noc3c2CCCC3)c1. The molecule has 2 aromatic rings. The second-order valence-electron chi connectivity index (χ2n) is 4.92. The van der Waals surface area contributed by atoms with E-state index in [1.54, 1.807) is 13.3 Å². The van der Waals surface area contributed by atoms with Gasteiger partial charge in [-0.3, -0.25) is 4.98 Å². The van der Waals surface area contributed by atoms with Crippen LogP contribution in [0.3, 0.4) is 0 Å². The van der Waals surface area contributed by atoms with Gasteiger partial charge in [0.1, 0.15) is 11.5 Å². The lowest BCUT2D eigenvalue weighted by atomic mass is 9.97. The van der Waals surface area contributed by atoms with E-state index in [0.29, 0.717) is 0 Å². The number of rotatable bonds is 5. The van der Waals surface area contributed by atoms with Crippen molar-refractivity contribution >= 4 is 11.8 Å². The van der Waals surface area contributed by atoms with Crippen LogP contribution in [0.4, 0.5) is 0 Å². The molecule has 106 valence electrons. The maximum atomic E-state index is 5.43. The molecule has 0 saturated carbocycles. The molecule has 0 fully saturated rings. The van der Waals surface area contributed by atoms with Gasteiger partial charge in [-0.05, 0) is 25.3 Å². The number of hydrogen-bond donors (Lipinski definition) is 0. The van der Waals surface area contributed by atoms with Gasteiger partial charge < -0.3 is 9.26 Å². The Balaban J connectivity index is 1.58. The molecular weight excluding hydrogens is 272 g/mol. The highest BCUT2D eigenvalue weighted by atomic mass is 32.2. The van der Waals surface area contributed by atoms with Crippen LogP contribution in [0.5, 0.6) is 5.75 Å². The van der Waals surface area contributed by atoms with Crippen LogP contribution in [0.15, 0.2) is 22.9 Å². The Bertz CT molecular complexity index is 583. The van der Waals surface area contributed by atoms with Crippen LogP contribution in [0.1, 0.15) is 35.6 Å². The smallest absolute Gasteiger partial charge is 0.140 e. The summed E-state index contributed by atoms with van der Waals surface area (Å²) < 4.78 is 10.6. The van der Waals surface area contributed by atoms with Crippen LogP contribution < -0.4 is 4.74 Å². The summed E-state index contributed by atoms with van der Waals surface area (Å²) in [4.78, 5) is 4.35. The predicted octanol–water partition coefficient (Wildman–Crippen LogP) is 3.39. The van der Waals surface area contributed by atoms with E-state index in [1.807, 2.05) is 23.9 Å². The highest BCUT2D eigenvalue weighted by molar-refractivity contribution is 7.97. The van der Waals surface area contributed by atoms with E-state index in [0.717, 1.165) is 47.2 Å². The van der Waals surface area contributed by atoms with Gasteiger partial charge >= 0.3 is 0 Å². The van der Waals surface area contributed by atoms with Crippen LogP contribution in [0.25, 0.3) is 0 Å². The molecule has 2 heterocycles. The van der Waals surface area contributed by atoms with Gasteiger partial charge in [-0.2, -0.15) is 0 Å². The predicted molar refractivity (Wildman–Crippen MR) is 78.9 cm³/mol. The molecule has 1 aliphatic carbocycles. The first kappa shape index (κ1) is 13.5. The number of aromatic nitrogens is 2. The third-order valence-electron chi connectivity index (χ3n) is 3.54. The van der Waals surface area contributed by atoms with Crippen LogP contribution in [-0.2, 0) is 24.3 Å². The Morgan fingerprint density at radius 3 is 3.10 bits per heavy atom. The minimum absolute atomic E-state index is 0.856. The Labute approximate surface area is 122 Å². The molecule has 0 spiro atoms. The van der Waals surface area contributed by atoms with Gasteiger partial charge in [0, 0.05) is 35.8 Å². The average molecular weight is 290 g/mol. The topological polar surface area (TPSA) is 48.2 Å². The molecule has 4 nitrogen and oxygen atoms in total. The van der Waals surface area contributed by atoms with E-state index in [1.165, 1.54) is 18.4 Å². The molecule has 5 heteroatoms. The Kier molecular flexibility index (Phi) is 4.25. The molecule has 0 amide bonds. The van der Waals surface area contributed by atoms with Crippen molar-refractivity contribution in [1.29, 1.82) is 0 Å². The van der Waals surface area contributed by atoms with E-state index >= 15 is 0 Å². The molecule has 3 rings (SSSR count). The third kappa shape index (κ3) is 2.98. The lowest BCUT2D eigenvalue weighted by Gasteiger charge is -2.09. The summed E-state index contributed by atoms with van der Waals surface area (Å²) in [6, 6.07) is 3.84. The molecule has 0 atom stereocenters. The molecule has 20 heavy (non-hydrogen) atoms. The summed E-state index contributed by atoms with van der Waals surface area (Å²) in [5, 5.41) is 4.22. The standard InChI is InChI=1S/C15H18N2O2S/c1-18-12-6-7-16-11(8-12)9-20-10-14-13-4-2-3-5-15(13)19-17-14/h6-8H,2-5,9-10H2,1H3. The first-order chi connectivity index (χ1) is 9.86. The molecule has 2 aromatic heterocycles. The largest absolute Gasteiger partial charge is 0.497 e. The van der Waals surface area contributed by atoms with Crippen molar-refractivity contribution in [3.05, 3.63) is 41.0 Å². The molecule has 0 unspecified atom stereocenters. The van der Waals surface area contributed by atoms with Gasteiger partial charge in [0.15, 0.2) is 0 Å². The average Bonchev–Trinajstić information content (AvgIpc) is 2.91. The monoisotopic (exact) mass is 290 g/mol. The Hall–Kier alpha value is -1.49. The highest BCUT2D eigenvalue weighted by Crippen LogP contribution is 2.27. The summed E-state index contributed by atoms with van der Waals surface area (Å²) in [5.74, 6) is 3.71. The second kappa shape index (κ2) is 6.31. The summed E-state index contributed by atoms with van der Waals surface area (Å²) in [5.41, 5.74) is 3.50. The molecule has 0 radical (unpaired) electrons. The number of nitrogens with zero attached hydrogens (tertiary/aromatic N) is 2. The van der Waals surface area contributed by atoms with Crippen LogP contribution in [0, 0.1) is 0 Å². The fraction of sp³-hybridized carbons (Fsp3) is 0.467. The van der Waals surface area contributed by atoms with Crippen LogP contribution >= 0.6 is 11.8 Å². The van der Waals surface area contributed by atoms with Gasteiger partial charge in [0.25, 0.3) is 0 Å². The van der Waals surface area contributed by atoms with Crippen LogP contribution in [-0.4, -0.2) is 17.3 Å². The van der Waals surface area contributed by atoms with Gasteiger partial charge in [0.05, 0.1) is 18.5 Å². The minimum atomic E-state index is 0.856. The van der Waals surface area contributed by atoms with E-state index in [-0.39, 0.29) is 0 Å².